The number of pyridine rings is 1. The molecule has 0 saturated heterocycles. The molecular weight excluding hydrogens is 250 g/mol. The van der Waals surface area contributed by atoms with E-state index >= 15 is 0 Å². The zero-order valence-corrected chi connectivity index (χ0v) is 12.2. The molecule has 0 spiro atoms. The van der Waals surface area contributed by atoms with Gasteiger partial charge in [-0.15, -0.1) is 0 Å². The van der Waals surface area contributed by atoms with Crippen LogP contribution in [-0.2, 0) is 13.1 Å². The van der Waals surface area contributed by atoms with Crippen LogP contribution in [-0.4, -0.2) is 21.1 Å². The predicted octanol–water partition coefficient (Wildman–Crippen LogP) is 2.16. The van der Waals surface area contributed by atoms with E-state index in [1.54, 1.807) is 6.20 Å². The molecule has 0 atom stereocenters. The second-order valence-electron chi connectivity index (χ2n) is 5.21. The molecule has 2 aromatic heterocycles. The van der Waals surface area contributed by atoms with Crippen LogP contribution < -0.4 is 11.1 Å². The van der Waals surface area contributed by atoms with Crippen LogP contribution in [0.4, 0.5) is 5.82 Å². The molecule has 0 unspecified atom stereocenters. The Labute approximate surface area is 120 Å². The summed E-state index contributed by atoms with van der Waals surface area (Å²) in [4.78, 5) is 8.47. The van der Waals surface area contributed by atoms with Gasteiger partial charge in [0.2, 0.25) is 0 Å². The summed E-state index contributed by atoms with van der Waals surface area (Å²) >= 11 is 0. The van der Waals surface area contributed by atoms with Crippen LogP contribution in [0.3, 0.4) is 0 Å². The number of aromatic nitrogens is 3. The Morgan fingerprint density at radius 1 is 1.30 bits per heavy atom. The molecule has 2 rings (SSSR count). The third kappa shape index (κ3) is 3.81. The van der Waals surface area contributed by atoms with Crippen molar-refractivity contribution < 1.29 is 0 Å². The van der Waals surface area contributed by atoms with Gasteiger partial charge in [0.1, 0.15) is 11.6 Å². The number of imidazole rings is 1. The number of nitrogen functional groups attached to an aromatic ring is 1. The smallest absolute Gasteiger partial charge is 0.127 e. The lowest BCUT2D eigenvalue weighted by Crippen LogP contribution is -2.18. The van der Waals surface area contributed by atoms with Gasteiger partial charge in [-0.3, -0.25) is 0 Å². The molecule has 5 nitrogen and oxygen atoms in total. The first-order valence-electron chi connectivity index (χ1n) is 7.09. The first kappa shape index (κ1) is 14.5. The van der Waals surface area contributed by atoms with Crippen LogP contribution >= 0.6 is 0 Å². The quantitative estimate of drug-likeness (QED) is 0.759. The maximum atomic E-state index is 5.80. The summed E-state index contributed by atoms with van der Waals surface area (Å²) in [6.07, 6.45) is 6.70. The van der Waals surface area contributed by atoms with Crippen molar-refractivity contribution in [2.45, 2.75) is 39.3 Å². The lowest BCUT2D eigenvalue weighted by Gasteiger charge is -2.11. The van der Waals surface area contributed by atoms with Crippen molar-refractivity contribution in [1.29, 1.82) is 0 Å². The maximum Gasteiger partial charge on any atom is 0.127 e. The third-order valence-corrected chi connectivity index (χ3v) is 3.26. The summed E-state index contributed by atoms with van der Waals surface area (Å²) in [6.45, 7) is 7.04. The van der Waals surface area contributed by atoms with Gasteiger partial charge in [0.05, 0.1) is 0 Å². The molecule has 20 heavy (non-hydrogen) atoms. The average molecular weight is 273 g/mol. The zero-order chi connectivity index (χ0) is 14.4. The van der Waals surface area contributed by atoms with Crippen LogP contribution in [0.5, 0.6) is 0 Å². The number of aryl methyl sites for hydroxylation is 1. The highest BCUT2D eigenvalue weighted by atomic mass is 15.1. The molecular formula is C15H23N5. The highest BCUT2D eigenvalue weighted by Gasteiger charge is 2.06. The normalized spacial score (nSPS) is 11.2. The van der Waals surface area contributed by atoms with E-state index < -0.39 is 0 Å². The van der Waals surface area contributed by atoms with E-state index in [0.29, 0.717) is 11.7 Å². The standard InChI is InChI=1S/C15H23N5/c1-12(2)15-19-8-10-20(15)9-4-6-17-11-13-5-3-7-18-14(13)16/h3,5,7-8,10,12,17H,4,6,9,11H2,1-2H3,(H2,16,18). The Morgan fingerprint density at radius 3 is 2.90 bits per heavy atom. The average Bonchev–Trinajstić information content (AvgIpc) is 2.89. The summed E-state index contributed by atoms with van der Waals surface area (Å²) in [7, 11) is 0. The number of rotatable bonds is 7. The fourth-order valence-electron chi connectivity index (χ4n) is 2.21. The van der Waals surface area contributed by atoms with Gasteiger partial charge in [-0.25, -0.2) is 9.97 Å². The summed E-state index contributed by atoms with van der Waals surface area (Å²) in [5.41, 5.74) is 6.86. The molecule has 0 aliphatic heterocycles. The van der Waals surface area contributed by atoms with E-state index in [-0.39, 0.29) is 0 Å². The van der Waals surface area contributed by atoms with Crippen LogP contribution in [0.15, 0.2) is 30.7 Å². The Morgan fingerprint density at radius 2 is 2.15 bits per heavy atom. The van der Waals surface area contributed by atoms with Gasteiger partial charge in [0.15, 0.2) is 0 Å². The molecule has 3 N–H and O–H groups in total. The molecule has 0 aliphatic carbocycles. The van der Waals surface area contributed by atoms with Crippen molar-refractivity contribution in [1.82, 2.24) is 19.9 Å². The summed E-state index contributed by atoms with van der Waals surface area (Å²) < 4.78 is 2.23. The molecule has 0 radical (unpaired) electrons. The second-order valence-corrected chi connectivity index (χ2v) is 5.21. The Hall–Kier alpha value is -1.88. The first-order chi connectivity index (χ1) is 9.68. The van der Waals surface area contributed by atoms with E-state index in [9.17, 15) is 0 Å². The van der Waals surface area contributed by atoms with Crippen LogP contribution in [0.2, 0.25) is 0 Å². The molecule has 0 saturated carbocycles. The molecule has 0 aliphatic rings. The molecule has 5 heteroatoms. The van der Waals surface area contributed by atoms with E-state index in [0.717, 1.165) is 37.4 Å². The molecule has 0 aromatic carbocycles. The number of hydrogen-bond acceptors (Lipinski definition) is 4. The number of hydrogen-bond donors (Lipinski definition) is 2. The van der Waals surface area contributed by atoms with Gasteiger partial charge in [0.25, 0.3) is 0 Å². The Balaban J connectivity index is 1.72. The van der Waals surface area contributed by atoms with Gasteiger partial charge >= 0.3 is 0 Å². The summed E-state index contributed by atoms with van der Waals surface area (Å²) in [5.74, 6) is 2.23. The van der Waals surface area contributed by atoms with E-state index in [1.807, 2.05) is 18.3 Å². The van der Waals surface area contributed by atoms with Crippen LogP contribution in [0.25, 0.3) is 0 Å². The van der Waals surface area contributed by atoms with Crippen molar-refractivity contribution in [3.8, 4) is 0 Å². The minimum absolute atomic E-state index is 0.466. The topological polar surface area (TPSA) is 68.8 Å². The highest BCUT2D eigenvalue weighted by Crippen LogP contribution is 2.12. The Bertz CT molecular complexity index is 533. The molecule has 2 aromatic rings. The minimum Gasteiger partial charge on any atom is -0.383 e. The van der Waals surface area contributed by atoms with Crippen molar-refractivity contribution in [3.05, 3.63) is 42.1 Å². The Kier molecular flexibility index (Phi) is 5.12. The van der Waals surface area contributed by atoms with Crippen LogP contribution in [0, 0.1) is 0 Å². The molecule has 108 valence electrons. The SMILES string of the molecule is CC(C)c1nccn1CCCNCc1cccnc1N. The van der Waals surface area contributed by atoms with E-state index in [1.165, 1.54) is 0 Å². The first-order valence-corrected chi connectivity index (χ1v) is 7.09. The zero-order valence-electron chi connectivity index (χ0n) is 12.2. The molecule has 0 bridgehead atoms. The fraction of sp³-hybridized carbons (Fsp3) is 0.467. The van der Waals surface area contributed by atoms with Gasteiger partial charge in [0, 0.05) is 43.2 Å². The third-order valence-electron chi connectivity index (χ3n) is 3.26. The number of nitrogens with two attached hydrogens (primary N) is 1. The van der Waals surface area contributed by atoms with Gasteiger partial charge in [-0.1, -0.05) is 19.9 Å². The number of nitrogens with one attached hydrogen (secondary N) is 1. The summed E-state index contributed by atoms with van der Waals surface area (Å²) in [5, 5.41) is 3.40. The molecule has 0 amide bonds. The van der Waals surface area contributed by atoms with Crippen LogP contribution in [0.1, 0.15) is 37.6 Å². The molecule has 2 heterocycles. The fourth-order valence-corrected chi connectivity index (χ4v) is 2.21. The number of nitrogens with zero attached hydrogens (tertiary/aromatic N) is 3. The second kappa shape index (κ2) is 7.05. The lowest BCUT2D eigenvalue weighted by atomic mass is 10.2. The van der Waals surface area contributed by atoms with E-state index in [4.69, 9.17) is 5.73 Å². The minimum atomic E-state index is 0.466. The lowest BCUT2D eigenvalue weighted by molar-refractivity contribution is 0.554. The van der Waals surface area contributed by atoms with Gasteiger partial charge < -0.3 is 15.6 Å². The van der Waals surface area contributed by atoms with E-state index in [2.05, 4.69) is 39.9 Å². The van der Waals surface area contributed by atoms with Crippen molar-refractivity contribution in [2.75, 3.05) is 12.3 Å². The monoisotopic (exact) mass is 273 g/mol. The number of anilines is 1. The maximum absolute atomic E-state index is 5.80. The summed E-state index contributed by atoms with van der Waals surface area (Å²) in [6, 6.07) is 3.91. The molecule has 0 fully saturated rings. The van der Waals surface area contributed by atoms with Crippen molar-refractivity contribution in [2.24, 2.45) is 0 Å². The van der Waals surface area contributed by atoms with Crippen molar-refractivity contribution in [3.63, 3.8) is 0 Å². The van der Waals surface area contributed by atoms with Gasteiger partial charge in [-0.05, 0) is 19.0 Å². The largest absolute Gasteiger partial charge is 0.383 e. The van der Waals surface area contributed by atoms with Crippen molar-refractivity contribution >= 4 is 5.82 Å². The predicted molar refractivity (Wildman–Crippen MR) is 81.3 cm³/mol. The van der Waals surface area contributed by atoms with Gasteiger partial charge in [-0.2, -0.15) is 0 Å². The highest BCUT2D eigenvalue weighted by molar-refractivity contribution is 5.38.